The first-order valence-electron chi connectivity index (χ1n) is 7.56. The summed E-state index contributed by atoms with van der Waals surface area (Å²) in [5.74, 6) is -0.186. The fourth-order valence-corrected chi connectivity index (χ4v) is 2.74. The molecular formula is C17H17Cl2N3O. The van der Waals surface area contributed by atoms with Gasteiger partial charge < -0.3 is 10.6 Å². The number of hydrogen-bond donors (Lipinski definition) is 2. The van der Waals surface area contributed by atoms with E-state index in [4.69, 9.17) is 23.2 Å². The number of hydrogen-bond acceptors (Lipinski definition) is 3. The number of aromatic nitrogens is 1. The minimum absolute atomic E-state index is 0.186. The second-order valence-electron chi connectivity index (χ2n) is 5.59. The Hall–Kier alpha value is -1.78. The van der Waals surface area contributed by atoms with Gasteiger partial charge in [-0.05, 0) is 49.1 Å². The van der Waals surface area contributed by atoms with Gasteiger partial charge in [0.2, 0.25) is 0 Å². The Morgan fingerprint density at radius 3 is 2.78 bits per heavy atom. The molecule has 0 bridgehead atoms. The van der Waals surface area contributed by atoms with E-state index in [-0.39, 0.29) is 5.91 Å². The normalized spacial score (nSPS) is 13.7. The molecular weight excluding hydrogens is 333 g/mol. The molecule has 1 aromatic carbocycles. The molecule has 3 rings (SSSR count). The number of benzene rings is 1. The van der Waals surface area contributed by atoms with Gasteiger partial charge in [-0.25, -0.2) is 0 Å². The van der Waals surface area contributed by atoms with Gasteiger partial charge >= 0.3 is 0 Å². The topological polar surface area (TPSA) is 54.0 Å². The van der Waals surface area contributed by atoms with Gasteiger partial charge in [0.05, 0.1) is 0 Å². The highest BCUT2D eigenvalue weighted by Crippen LogP contribution is 2.24. The van der Waals surface area contributed by atoms with E-state index in [2.05, 4.69) is 15.6 Å². The van der Waals surface area contributed by atoms with E-state index in [0.717, 1.165) is 11.3 Å². The Labute approximate surface area is 145 Å². The summed E-state index contributed by atoms with van der Waals surface area (Å²) in [5.41, 5.74) is 2.31. The molecule has 0 saturated heterocycles. The average Bonchev–Trinajstić information content (AvgIpc) is 3.33. The largest absolute Gasteiger partial charge is 0.382 e. The van der Waals surface area contributed by atoms with E-state index in [1.54, 1.807) is 24.4 Å². The minimum atomic E-state index is -0.186. The number of anilines is 1. The lowest BCUT2D eigenvalue weighted by Crippen LogP contribution is -2.26. The fraction of sp³-hybridized carbons (Fsp3) is 0.294. The molecule has 6 heteroatoms. The van der Waals surface area contributed by atoms with Crippen molar-refractivity contribution < 1.29 is 4.79 Å². The smallest absolute Gasteiger partial charge is 0.269 e. The van der Waals surface area contributed by atoms with Crippen LogP contribution >= 0.6 is 23.2 Å². The molecule has 1 aromatic heterocycles. The number of nitrogens with zero attached hydrogens (tertiary/aromatic N) is 1. The first-order valence-corrected chi connectivity index (χ1v) is 8.32. The predicted molar refractivity (Wildman–Crippen MR) is 93.4 cm³/mol. The standard InChI is InChI=1S/C17H17Cl2N3O/c18-12-2-1-11(15(19)9-12)5-7-21-17(23)16-10-14(6-8-20-16)22-13-3-4-13/h1-2,6,8-10,13H,3-5,7H2,(H,20,22)(H,21,23). The van der Waals surface area contributed by atoms with Gasteiger partial charge in [-0.15, -0.1) is 0 Å². The third-order valence-corrected chi connectivity index (χ3v) is 4.22. The van der Waals surface area contributed by atoms with E-state index in [1.165, 1.54) is 12.8 Å². The SMILES string of the molecule is O=C(NCCc1ccc(Cl)cc1Cl)c1cc(NC2CC2)ccn1. The predicted octanol–water partition coefficient (Wildman–Crippen LogP) is 3.94. The summed E-state index contributed by atoms with van der Waals surface area (Å²) in [6.07, 6.45) is 4.66. The fourth-order valence-electron chi connectivity index (χ4n) is 2.23. The molecule has 4 nitrogen and oxygen atoms in total. The van der Waals surface area contributed by atoms with Crippen molar-refractivity contribution in [3.63, 3.8) is 0 Å². The van der Waals surface area contributed by atoms with Gasteiger partial charge in [0, 0.05) is 34.5 Å². The van der Waals surface area contributed by atoms with Gasteiger partial charge in [-0.1, -0.05) is 29.3 Å². The highest BCUT2D eigenvalue weighted by molar-refractivity contribution is 6.35. The molecule has 1 aliphatic carbocycles. The van der Waals surface area contributed by atoms with Gasteiger partial charge in [0.25, 0.3) is 5.91 Å². The summed E-state index contributed by atoms with van der Waals surface area (Å²) in [7, 11) is 0. The lowest BCUT2D eigenvalue weighted by molar-refractivity contribution is 0.0949. The molecule has 1 heterocycles. The zero-order valence-electron chi connectivity index (χ0n) is 12.5. The molecule has 1 fully saturated rings. The Bertz CT molecular complexity index is 717. The van der Waals surface area contributed by atoms with Crippen molar-refractivity contribution in [1.82, 2.24) is 10.3 Å². The minimum Gasteiger partial charge on any atom is -0.382 e. The van der Waals surface area contributed by atoms with Crippen molar-refractivity contribution in [2.45, 2.75) is 25.3 Å². The van der Waals surface area contributed by atoms with Crippen molar-refractivity contribution in [3.8, 4) is 0 Å². The molecule has 2 aromatic rings. The summed E-state index contributed by atoms with van der Waals surface area (Å²) in [4.78, 5) is 16.3. The zero-order chi connectivity index (χ0) is 16.2. The maximum absolute atomic E-state index is 12.2. The lowest BCUT2D eigenvalue weighted by atomic mass is 10.1. The van der Waals surface area contributed by atoms with E-state index in [1.807, 2.05) is 12.1 Å². The highest BCUT2D eigenvalue weighted by atomic mass is 35.5. The third-order valence-electron chi connectivity index (χ3n) is 3.64. The van der Waals surface area contributed by atoms with Crippen LogP contribution in [0.3, 0.4) is 0 Å². The summed E-state index contributed by atoms with van der Waals surface area (Å²) >= 11 is 12.0. The first kappa shape index (κ1) is 16.1. The first-order chi connectivity index (χ1) is 11.1. The van der Waals surface area contributed by atoms with Crippen molar-refractivity contribution >= 4 is 34.8 Å². The number of carbonyl (C=O) groups excluding carboxylic acids is 1. The molecule has 0 atom stereocenters. The Morgan fingerprint density at radius 2 is 2.04 bits per heavy atom. The number of halogens is 2. The van der Waals surface area contributed by atoms with Crippen LogP contribution in [-0.4, -0.2) is 23.5 Å². The molecule has 0 radical (unpaired) electrons. The monoisotopic (exact) mass is 349 g/mol. The van der Waals surface area contributed by atoms with E-state index in [9.17, 15) is 4.79 Å². The van der Waals surface area contributed by atoms with Gasteiger partial charge in [-0.3, -0.25) is 9.78 Å². The van der Waals surface area contributed by atoms with Crippen molar-refractivity contribution in [2.75, 3.05) is 11.9 Å². The summed E-state index contributed by atoms with van der Waals surface area (Å²) in [6, 6.07) is 9.56. The van der Waals surface area contributed by atoms with E-state index < -0.39 is 0 Å². The van der Waals surface area contributed by atoms with Crippen LogP contribution < -0.4 is 10.6 Å². The molecule has 120 valence electrons. The second kappa shape index (κ2) is 7.20. The van der Waals surface area contributed by atoms with Crippen LogP contribution in [0.5, 0.6) is 0 Å². The molecule has 0 aliphatic heterocycles. The Kier molecular flexibility index (Phi) is 5.03. The quantitative estimate of drug-likeness (QED) is 0.830. The molecule has 1 aliphatic rings. The highest BCUT2D eigenvalue weighted by Gasteiger charge is 2.21. The third kappa shape index (κ3) is 4.60. The number of carbonyl (C=O) groups is 1. The van der Waals surface area contributed by atoms with E-state index in [0.29, 0.717) is 34.7 Å². The van der Waals surface area contributed by atoms with Crippen LogP contribution in [0.4, 0.5) is 5.69 Å². The van der Waals surface area contributed by atoms with Crippen molar-refractivity contribution in [1.29, 1.82) is 0 Å². The summed E-state index contributed by atoms with van der Waals surface area (Å²) in [6.45, 7) is 0.488. The van der Waals surface area contributed by atoms with Gasteiger partial charge in [0.1, 0.15) is 5.69 Å². The van der Waals surface area contributed by atoms with E-state index >= 15 is 0 Å². The molecule has 2 N–H and O–H groups in total. The Morgan fingerprint density at radius 1 is 1.22 bits per heavy atom. The maximum atomic E-state index is 12.2. The van der Waals surface area contributed by atoms with Crippen molar-refractivity contribution in [2.24, 2.45) is 0 Å². The lowest BCUT2D eigenvalue weighted by Gasteiger charge is -2.08. The van der Waals surface area contributed by atoms with Gasteiger partial charge in [0.15, 0.2) is 0 Å². The van der Waals surface area contributed by atoms with Crippen molar-refractivity contribution in [3.05, 3.63) is 57.8 Å². The Balaban J connectivity index is 1.54. The number of pyridine rings is 1. The van der Waals surface area contributed by atoms with Crippen LogP contribution in [0.15, 0.2) is 36.5 Å². The molecule has 1 amide bonds. The summed E-state index contributed by atoms with van der Waals surface area (Å²) in [5, 5.41) is 7.44. The van der Waals surface area contributed by atoms with Crippen LogP contribution in [0, 0.1) is 0 Å². The van der Waals surface area contributed by atoms with Crippen LogP contribution in [-0.2, 0) is 6.42 Å². The van der Waals surface area contributed by atoms with Crippen LogP contribution in [0.25, 0.3) is 0 Å². The van der Waals surface area contributed by atoms with Crippen LogP contribution in [0.2, 0.25) is 10.0 Å². The number of amides is 1. The number of rotatable bonds is 6. The molecule has 1 saturated carbocycles. The number of nitrogens with one attached hydrogen (secondary N) is 2. The average molecular weight is 350 g/mol. The summed E-state index contributed by atoms with van der Waals surface area (Å²) < 4.78 is 0. The molecule has 0 unspecified atom stereocenters. The zero-order valence-corrected chi connectivity index (χ0v) is 14.0. The van der Waals surface area contributed by atoms with Gasteiger partial charge in [-0.2, -0.15) is 0 Å². The molecule has 23 heavy (non-hydrogen) atoms. The second-order valence-corrected chi connectivity index (χ2v) is 6.43. The molecule has 0 spiro atoms. The maximum Gasteiger partial charge on any atom is 0.269 e. The van der Waals surface area contributed by atoms with Crippen LogP contribution in [0.1, 0.15) is 28.9 Å².